The van der Waals surface area contributed by atoms with Crippen molar-refractivity contribution in [2.45, 2.75) is 32.2 Å². The van der Waals surface area contributed by atoms with Crippen LogP contribution in [0.4, 0.5) is 4.39 Å². The Morgan fingerprint density at radius 3 is 2.60 bits per heavy atom. The van der Waals surface area contributed by atoms with Gasteiger partial charge in [0.25, 0.3) is 0 Å². The van der Waals surface area contributed by atoms with Gasteiger partial charge in [-0.25, -0.2) is 17.8 Å². The van der Waals surface area contributed by atoms with Gasteiger partial charge >= 0.3 is 0 Å². The number of imidazole rings is 1. The van der Waals surface area contributed by atoms with Gasteiger partial charge in [0.1, 0.15) is 17.1 Å². The third-order valence-electron chi connectivity index (χ3n) is 7.40. The van der Waals surface area contributed by atoms with E-state index in [1.807, 2.05) is 54.0 Å². The van der Waals surface area contributed by atoms with Crippen molar-refractivity contribution in [3.8, 4) is 28.0 Å². The summed E-state index contributed by atoms with van der Waals surface area (Å²) < 4.78 is 50.8. The van der Waals surface area contributed by atoms with Gasteiger partial charge in [-0.2, -0.15) is 9.40 Å². The minimum absolute atomic E-state index is 0.0516. The van der Waals surface area contributed by atoms with Crippen molar-refractivity contribution in [2.24, 2.45) is 0 Å². The Morgan fingerprint density at radius 2 is 1.82 bits per heavy atom. The predicted octanol–water partition coefficient (Wildman–Crippen LogP) is 5.22. The van der Waals surface area contributed by atoms with E-state index in [9.17, 15) is 8.42 Å². The molecule has 1 aliphatic rings. The second-order valence-corrected chi connectivity index (χ2v) is 11.8. The van der Waals surface area contributed by atoms with Crippen LogP contribution in [-0.2, 0) is 35.3 Å². The molecule has 3 aromatic carbocycles. The Hall–Kier alpha value is -4.15. The van der Waals surface area contributed by atoms with Gasteiger partial charge in [0.2, 0.25) is 10.0 Å². The molecule has 0 radical (unpaired) electrons. The summed E-state index contributed by atoms with van der Waals surface area (Å²) in [6, 6.07) is 17.8. The van der Waals surface area contributed by atoms with Crippen molar-refractivity contribution in [2.75, 3.05) is 13.7 Å². The molecule has 0 N–H and O–H groups in total. The van der Waals surface area contributed by atoms with Crippen molar-refractivity contribution in [3.05, 3.63) is 95.7 Å². The van der Waals surface area contributed by atoms with Crippen molar-refractivity contribution < 1.29 is 17.5 Å². The van der Waals surface area contributed by atoms with E-state index >= 15 is 4.39 Å². The first-order valence-corrected chi connectivity index (χ1v) is 14.7. The number of hydrogen-bond donors (Lipinski definition) is 0. The fourth-order valence-electron chi connectivity index (χ4n) is 5.27. The lowest BCUT2D eigenvalue weighted by atomic mass is 9.92. The summed E-state index contributed by atoms with van der Waals surface area (Å²) in [5.74, 6) is 0.0388. The second-order valence-electron chi connectivity index (χ2n) is 9.80. The molecule has 0 fully saturated rings. The number of aryl methyl sites for hydroxylation is 1. The maximum absolute atomic E-state index is 15.3. The van der Waals surface area contributed by atoms with Crippen LogP contribution in [0.3, 0.4) is 0 Å². The van der Waals surface area contributed by atoms with Gasteiger partial charge in [0.15, 0.2) is 5.65 Å². The van der Waals surface area contributed by atoms with Crippen LogP contribution in [0.1, 0.15) is 23.6 Å². The van der Waals surface area contributed by atoms with Gasteiger partial charge in [-0.15, -0.1) is 5.10 Å². The highest BCUT2D eigenvalue weighted by molar-refractivity contribution is 7.88. The summed E-state index contributed by atoms with van der Waals surface area (Å²) in [5.41, 5.74) is 6.46. The average molecular weight is 558 g/mol. The highest BCUT2D eigenvalue weighted by Crippen LogP contribution is 2.39. The lowest BCUT2D eigenvalue weighted by Crippen LogP contribution is -2.36. The largest absolute Gasteiger partial charge is 0.496 e. The van der Waals surface area contributed by atoms with E-state index in [0.717, 1.165) is 27.8 Å². The summed E-state index contributed by atoms with van der Waals surface area (Å²) in [6.07, 6.45) is 3.88. The summed E-state index contributed by atoms with van der Waals surface area (Å²) in [5, 5.41) is 8.38. The Balaban J connectivity index is 1.35. The van der Waals surface area contributed by atoms with E-state index in [2.05, 4.69) is 15.2 Å². The lowest BCUT2D eigenvalue weighted by molar-refractivity contribution is 0.385. The molecule has 8 nitrogen and oxygen atoms in total. The molecule has 6 rings (SSSR count). The van der Waals surface area contributed by atoms with Gasteiger partial charge in [-0.3, -0.25) is 0 Å². The first kappa shape index (κ1) is 26.1. The summed E-state index contributed by atoms with van der Waals surface area (Å²) >= 11 is 0. The van der Waals surface area contributed by atoms with Crippen LogP contribution < -0.4 is 4.74 Å². The quantitative estimate of drug-likeness (QED) is 0.273. The summed E-state index contributed by atoms with van der Waals surface area (Å²) in [7, 11) is -1.97. The topological polar surface area (TPSA) is 90.2 Å². The van der Waals surface area contributed by atoms with Crippen LogP contribution in [0.5, 0.6) is 5.75 Å². The summed E-state index contributed by atoms with van der Waals surface area (Å²) in [4.78, 5) is 4.52. The maximum Gasteiger partial charge on any atom is 0.218 e. The van der Waals surface area contributed by atoms with E-state index in [-0.39, 0.29) is 18.1 Å². The van der Waals surface area contributed by atoms with E-state index < -0.39 is 10.0 Å². The van der Waals surface area contributed by atoms with E-state index in [1.54, 1.807) is 24.7 Å². The normalized spacial score (nSPS) is 13.9. The van der Waals surface area contributed by atoms with Gasteiger partial charge in [0, 0.05) is 36.3 Å². The minimum atomic E-state index is -3.51. The zero-order valence-corrected chi connectivity index (χ0v) is 23.0. The number of rotatable bonds is 7. The van der Waals surface area contributed by atoms with Crippen LogP contribution in [0.15, 0.2) is 73.2 Å². The van der Waals surface area contributed by atoms with Gasteiger partial charge < -0.3 is 9.30 Å². The number of benzene rings is 3. The highest BCUT2D eigenvalue weighted by Gasteiger charge is 2.28. The van der Waals surface area contributed by atoms with Crippen molar-refractivity contribution in [3.63, 3.8) is 0 Å². The maximum atomic E-state index is 15.3. The molecular weight excluding hydrogens is 529 g/mol. The molecule has 0 saturated heterocycles. The third kappa shape index (κ3) is 4.73. The van der Waals surface area contributed by atoms with Gasteiger partial charge in [0.05, 0.1) is 25.4 Å². The smallest absolute Gasteiger partial charge is 0.218 e. The zero-order chi connectivity index (χ0) is 27.9. The van der Waals surface area contributed by atoms with E-state index in [4.69, 9.17) is 4.74 Å². The number of sulfonamides is 1. The molecule has 5 aromatic rings. The molecule has 40 heavy (non-hydrogen) atoms. The molecule has 204 valence electrons. The molecule has 0 unspecified atom stereocenters. The molecule has 0 saturated carbocycles. The molecule has 1 aliphatic heterocycles. The monoisotopic (exact) mass is 557 g/mol. The fraction of sp³-hybridized carbons (Fsp3) is 0.233. The average Bonchev–Trinajstić information content (AvgIpc) is 3.40. The van der Waals surface area contributed by atoms with Crippen molar-refractivity contribution in [1.29, 1.82) is 0 Å². The minimum Gasteiger partial charge on any atom is -0.496 e. The van der Waals surface area contributed by atoms with Gasteiger partial charge in [-0.1, -0.05) is 36.4 Å². The Morgan fingerprint density at radius 1 is 1.00 bits per heavy atom. The van der Waals surface area contributed by atoms with Crippen LogP contribution in [0, 0.1) is 5.82 Å². The molecule has 0 aliphatic carbocycles. The Kier molecular flexibility index (Phi) is 6.81. The van der Waals surface area contributed by atoms with Gasteiger partial charge in [-0.05, 0) is 59.9 Å². The van der Waals surface area contributed by atoms with Crippen LogP contribution in [-0.4, -0.2) is 46.1 Å². The molecule has 3 heterocycles. The molecular formula is C30H28FN5O3S. The van der Waals surface area contributed by atoms with Crippen LogP contribution in [0.25, 0.3) is 33.4 Å². The number of ether oxygens (including phenoxy) is 1. The predicted molar refractivity (Wildman–Crippen MR) is 152 cm³/mol. The van der Waals surface area contributed by atoms with Crippen molar-refractivity contribution >= 4 is 21.2 Å². The fourth-order valence-corrected chi connectivity index (χ4v) is 6.77. The number of methoxy groups -OCH3 is 1. The van der Waals surface area contributed by atoms with Crippen LogP contribution in [0.2, 0.25) is 0 Å². The first-order valence-electron chi connectivity index (χ1n) is 13.1. The summed E-state index contributed by atoms with van der Waals surface area (Å²) in [6.45, 7) is 3.31. The first-order chi connectivity index (χ1) is 19.4. The standard InChI is InChI=1S/C30H28FN5O3S/c1-3-35-19-32-29-26(16-33-34-30(29)35)22-9-10-27(31)24(14-22)25-13-21-11-12-36(17-23(21)15-28(25)39-2)40(37,38)18-20-7-5-4-6-8-20/h4-10,13-16,19H,3,11-12,17-18H2,1-2H3. The number of hydrogen-bond acceptors (Lipinski definition) is 6. The second kappa shape index (κ2) is 10.4. The number of halogens is 1. The van der Waals surface area contributed by atoms with E-state index in [0.29, 0.717) is 47.6 Å². The zero-order valence-electron chi connectivity index (χ0n) is 22.2. The lowest BCUT2D eigenvalue weighted by Gasteiger charge is -2.29. The van der Waals surface area contributed by atoms with E-state index in [1.165, 1.54) is 17.5 Å². The molecule has 0 bridgehead atoms. The van der Waals surface area contributed by atoms with Crippen LogP contribution >= 0.6 is 0 Å². The highest BCUT2D eigenvalue weighted by atomic mass is 32.2. The number of fused-ring (bicyclic) bond motifs is 2. The molecule has 2 aromatic heterocycles. The number of nitrogens with zero attached hydrogens (tertiary/aromatic N) is 5. The Labute approximate surface area is 232 Å². The molecule has 0 spiro atoms. The van der Waals surface area contributed by atoms with Crippen molar-refractivity contribution in [1.82, 2.24) is 24.1 Å². The third-order valence-corrected chi connectivity index (χ3v) is 9.19. The molecule has 0 atom stereocenters. The number of aromatic nitrogens is 4. The SMILES string of the molecule is CCn1cnc2c(-c3ccc(F)c(-c4cc5c(cc4OC)CN(S(=O)(=O)Cc4ccccc4)CC5)c3)cnnc21. The molecule has 0 amide bonds. The Bertz CT molecular complexity index is 1820. The molecule has 10 heteroatoms.